The van der Waals surface area contributed by atoms with Crippen LogP contribution in [0.1, 0.15) is 19.4 Å². The van der Waals surface area contributed by atoms with Crippen molar-refractivity contribution >= 4 is 17.3 Å². The summed E-state index contributed by atoms with van der Waals surface area (Å²) in [7, 11) is 1.85. The van der Waals surface area contributed by atoms with Gasteiger partial charge in [-0.05, 0) is 31.5 Å². The number of benzene rings is 2. The number of amides is 1. The molecule has 108 valence electrons. The second kappa shape index (κ2) is 4.92. The SMILES string of the molecule is CN1C(=O)C(C)(C)N(Cc2ccccc2)c2ccccc21. The number of nitrogens with zero attached hydrogens (tertiary/aromatic N) is 2. The molecule has 1 aliphatic heterocycles. The van der Waals surface area contributed by atoms with Crippen LogP contribution in [0.4, 0.5) is 11.4 Å². The molecule has 2 aromatic rings. The minimum atomic E-state index is -0.557. The van der Waals surface area contributed by atoms with Crippen molar-refractivity contribution in [2.45, 2.75) is 25.9 Å². The number of rotatable bonds is 2. The normalized spacial score (nSPS) is 16.8. The van der Waals surface area contributed by atoms with Gasteiger partial charge in [-0.3, -0.25) is 4.79 Å². The highest BCUT2D eigenvalue weighted by atomic mass is 16.2. The Bertz CT molecular complexity index is 664. The molecule has 0 unspecified atom stereocenters. The predicted molar refractivity (Wildman–Crippen MR) is 86.6 cm³/mol. The minimum Gasteiger partial charge on any atom is -0.351 e. The van der Waals surface area contributed by atoms with Crippen molar-refractivity contribution < 1.29 is 4.79 Å². The molecule has 1 aliphatic rings. The van der Waals surface area contributed by atoms with E-state index in [0.29, 0.717) is 0 Å². The van der Waals surface area contributed by atoms with Crippen molar-refractivity contribution in [1.29, 1.82) is 0 Å². The molecule has 1 heterocycles. The monoisotopic (exact) mass is 280 g/mol. The molecule has 0 saturated carbocycles. The van der Waals surface area contributed by atoms with Crippen molar-refractivity contribution in [3.05, 3.63) is 60.2 Å². The van der Waals surface area contributed by atoms with Gasteiger partial charge in [0.2, 0.25) is 0 Å². The van der Waals surface area contributed by atoms with E-state index in [0.717, 1.165) is 17.9 Å². The average molecular weight is 280 g/mol. The van der Waals surface area contributed by atoms with Crippen LogP contribution in [-0.2, 0) is 11.3 Å². The summed E-state index contributed by atoms with van der Waals surface area (Å²) in [6.07, 6.45) is 0. The lowest BCUT2D eigenvalue weighted by Crippen LogP contribution is -2.59. The Labute approximate surface area is 125 Å². The van der Waals surface area contributed by atoms with Crippen LogP contribution in [0, 0.1) is 0 Å². The number of para-hydroxylation sites is 2. The number of anilines is 2. The van der Waals surface area contributed by atoms with Crippen LogP contribution in [0.25, 0.3) is 0 Å². The Hall–Kier alpha value is -2.29. The van der Waals surface area contributed by atoms with Gasteiger partial charge >= 0.3 is 0 Å². The first kappa shape index (κ1) is 13.7. The lowest BCUT2D eigenvalue weighted by Gasteiger charge is -2.47. The van der Waals surface area contributed by atoms with Gasteiger partial charge in [0.25, 0.3) is 5.91 Å². The second-order valence-corrected chi connectivity index (χ2v) is 5.98. The molecule has 0 bridgehead atoms. The van der Waals surface area contributed by atoms with Crippen molar-refractivity contribution in [2.75, 3.05) is 16.8 Å². The first-order valence-corrected chi connectivity index (χ1v) is 7.20. The lowest BCUT2D eigenvalue weighted by atomic mass is 9.94. The van der Waals surface area contributed by atoms with Crippen LogP contribution < -0.4 is 9.80 Å². The number of fused-ring (bicyclic) bond motifs is 1. The summed E-state index contributed by atoms with van der Waals surface area (Å²) in [5, 5.41) is 0. The van der Waals surface area contributed by atoms with Gasteiger partial charge in [0.15, 0.2) is 0 Å². The topological polar surface area (TPSA) is 23.6 Å². The molecule has 2 aromatic carbocycles. The second-order valence-electron chi connectivity index (χ2n) is 5.98. The minimum absolute atomic E-state index is 0.122. The summed E-state index contributed by atoms with van der Waals surface area (Å²) < 4.78 is 0. The fraction of sp³-hybridized carbons (Fsp3) is 0.278. The zero-order valence-corrected chi connectivity index (χ0v) is 12.7. The van der Waals surface area contributed by atoms with Gasteiger partial charge in [0.05, 0.1) is 11.4 Å². The van der Waals surface area contributed by atoms with Crippen LogP contribution in [0.15, 0.2) is 54.6 Å². The van der Waals surface area contributed by atoms with Gasteiger partial charge in [-0.1, -0.05) is 42.5 Å². The first-order chi connectivity index (χ1) is 10.0. The van der Waals surface area contributed by atoms with Crippen molar-refractivity contribution in [3.8, 4) is 0 Å². The Morgan fingerprint density at radius 3 is 2.14 bits per heavy atom. The molecule has 0 aromatic heterocycles. The number of hydrogen-bond donors (Lipinski definition) is 0. The van der Waals surface area contributed by atoms with Crippen LogP contribution >= 0.6 is 0 Å². The Morgan fingerprint density at radius 1 is 0.905 bits per heavy atom. The van der Waals surface area contributed by atoms with Gasteiger partial charge < -0.3 is 9.80 Å². The van der Waals surface area contributed by atoms with E-state index in [1.807, 2.05) is 57.3 Å². The summed E-state index contributed by atoms with van der Waals surface area (Å²) in [5.74, 6) is 0.122. The molecule has 0 atom stereocenters. The third-order valence-electron chi connectivity index (χ3n) is 4.22. The molecule has 3 rings (SSSR count). The Morgan fingerprint density at radius 2 is 1.48 bits per heavy atom. The van der Waals surface area contributed by atoms with Crippen LogP contribution in [0.5, 0.6) is 0 Å². The Balaban J connectivity index is 2.08. The van der Waals surface area contributed by atoms with Crippen molar-refractivity contribution in [2.24, 2.45) is 0 Å². The summed E-state index contributed by atoms with van der Waals surface area (Å²) in [6.45, 7) is 4.71. The quantitative estimate of drug-likeness (QED) is 0.841. The van der Waals surface area contributed by atoms with E-state index >= 15 is 0 Å². The molecule has 0 spiro atoms. The van der Waals surface area contributed by atoms with E-state index in [9.17, 15) is 4.79 Å². The van der Waals surface area contributed by atoms with Crippen molar-refractivity contribution in [3.63, 3.8) is 0 Å². The maximum atomic E-state index is 12.7. The predicted octanol–water partition coefficient (Wildman–Crippen LogP) is 3.45. The fourth-order valence-corrected chi connectivity index (χ4v) is 2.96. The maximum Gasteiger partial charge on any atom is 0.252 e. The molecule has 0 radical (unpaired) electrons. The number of carbonyl (C=O) groups excluding carboxylic acids is 1. The van der Waals surface area contributed by atoms with E-state index in [2.05, 4.69) is 23.1 Å². The van der Waals surface area contributed by atoms with Gasteiger partial charge in [-0.2, -0.15) is 0 Å². The number of carbonyl (C=O) groups is 1. The van der Waals surface area contributed by atoms with Gasteiger partial charge in [-0.15, -0.1) is 0 Å². The molecule has 3 nitrogen and oxygen atoms in total. The molecule has 0 fully saturated rings. The highest BCUT2D eigenvalue weighted by molar-refractivity contribution is 6.07. The summed E-state index contributed by atoms with van der Waals surface area (Å²) >= 11 is 0. The maximum absolute atomic E-state index is 12.7. The van der Waals surface area contributed by atoms with Gasteiger partial charge in [0, 0.05) is 13.6 Å². The standard InChI is InChI=1S/C18H20N2O/c1-18(2)17(21)19(3)15-11-7-8-12-16(15)20(18)13-14-9-5-4-6-10-14/h4-12H,13H2,1-3H3. The molecular formula is C18H20N2O. The molecule has 0 saturated heterocycles. The third kappa shape index (κ3) is 2.19. The Kier molecular flexibility index (Phi) is 3.20. The van der Waals surface area contributed by atoms with E-state index in [1.165, 1.54) is 5.56 Å². The van der Waals surface area contributed by atoms with E-state index in [-0.39, 0.29) is 5.91 Å². The van der Waals surface area contributed by atoms with Gasteiger partial charge in [0.1, 0.15) is 5.54 Å². The van der Waals surface area contributed by atoms with E-state index in [4.69, 9.17) is 0 Å². The average Bonchev–Trinajstić information content (AvgIpc) is 2.51. The zero-order valence-electron chi connectivity index (χ0n) is 12.7. The molecular weight excluding hydrogens is 260 g/mol. The van der Waals surface area contributed by atoms with Crippen molar-refractivity contribution in [1.82, 2.24) is 0 Å². The molecule has 0 aliphatic carbocycles. The molecule has 1 amide bonds. The highest BCUT2D eigenvalue weighted by Crippen LogP contribution is 2.40. The van der Waals surface area contributed by atoms with Crippen LogP contribution in [-0.4, -0.2) is 18.5 Å². The first-order valence-electron chi connectivity index (χ1n) is 7.20. The lowest BCUT2D eigenvalue weighted by molar-refractivity contribution is -0.122. The van der Waals surface area contributed by atoms with E-state index in [1.54, 1.807) is 4.90 Å². The third-order valence-corrected chi connectivity index (χ3v) is 4.22. The molecule has 3 heteroatoms. The van der Waals surface area contributed by atoms with Crippen LogP contribution in [0.2, 0.25) is 0 Å². The molecule has 0 N–H and O–H groups in total. The fourth-order valence-electron chi connectivity index (χ4n) is 2.96. The van der Waals surface area contributed by atoms with Gasteiger partial charge in [-0.25, -0.2) is 0 Å². The highest BCUT2D eigenvalue weighted by Gasteiger charge is 2.42. The van der Waals surface area contributed by atoms with Crippen LogP contribution in [0.3, 0.4) is 0 Å². The molecule has 21 heavy (non-hydrogen) atoms. The largest absolute Gasteiger partial charge is 0.351 e. The van der Waals surface area contributed by atoms with E-state index < -0.39 is 5.54 Å². The number of hydrogen-bond acceptors (Lipinski definition) is 2. The summed E-state index contributed by atoms with van der Waals surface area (Å²) in [4.78, 5) is 16.6. The zero-order chi connectivity index (χ0) is 15.0. The summed E-state index contributed by atoms with van der Waals surface area (Å²) in [5.41, 5.74) is 2.72. The summed E-state index contributed by atoms with van der Waals surface area (Å²) in [6, 6.07) is 18.4. The number of likely N-dealkylation sites (N-methyl/N-ethyl adjacent to an activating group) is 1. The smallest absolute Gasteiger partial charge is 0.252 e.